The monoisotopic (exact) mass is 327 g/mol. The quantitative estimate of drug-likeness (QED) is 0.827. The Morgan fingerprint density at radius 1 is 1.33 bits per heavy atom. The van der Waals surface area contributed by atoms with Crippen molar-refractivity contribution < 1.29 is 9.26 Å². The topological polar surface area (TPSA) is 50.5 Å². The van der Waals surface area contributed by atoms with Gasteiger partial charge in [0.25, 0.3) is 0 Å². The van der Waals surface area contributed by atoms with Crippen molar-refractivity contribution in [2.24, 2.45) is 0 Å². The SMILES string of the molecule is C=C(C)Cc1ccc(OC)c(-c2cc(CN3CCNCC3)on2)c1. The third-order valence-electron chi connectivity index (χ3n) is 4.19. The van der Waals surface area contributed by atoms with Crippen molar-refractivity contribution in [3.05, 3.63) is 47.7 Å². The summed E-state index contributed by atoms with van der Waals surface area (Å²) in [4.78, 5) is 2.37. The van der Waals surface area contributed by atoms with E-state index in [1.807, 2.05) is 19.1 Å². The number of benzene rings is 1. The molecule has 1 aliphatic rings. The van der Waals surface area contributed by atoms with E-state index in [2.05, 4.69) is 34.1 Å². The van der Waals surface area contributed by atoms with Crippen molar-refractivity contribution in [2.45, 2.75) is 19.9 Å². The Morgan fingerprint density at radius 2 is 2.12 bits per heavy atom. The summed E-state index contributed by atoms with van der Waals surface area (Å²) in [5, 5.41) is 7.62. The molecule has 0 radical (unpaired) electrons. The van der Waals surface area contributed by atoms with Crippen LogP contribution in [-0.2, 0) is 13.0 Å². The van der Waals surface area contributed by atoms with E-state index < -0.39 is 0 Å². The molecule has 24 heavy (non-hydrogen) atoms. The molecule has 5 nitrogen and oxygen atoms in total. The average Bonchev–Trinajstić information content (AvgIpc) is 3.03. The summed E-state index contributed by atoms with van der Waals surface area (Å²) in [6.07, 6.45) is 0.850. The van der Waals surface area contributed by atoms with Crippen molar-refractivity contribution in [1.82, 2.24) is 15.4 Å². The van der Waals surface area contributed by atoms with Crippen LogP contribution in [0.1, 0.15) is 18.2 Å². The molecule has 2 aromatic rings. The first-order valence-corrected chi connectivity index (χ1v) is 8.36. The first kappa shape index (κ1) is 16.7. The second-order valence-corrected chi connectivity index (χ2v) is 6.37. The molecule has 1 aliphatic heterocycles. The second-order valence-electron chi connectivity index (χ2n) is 6.37. The van der Waals surface area contributed by atoms with E-state index in [9.17, 15) is 0 Å². The molecule has 3 rings (SSSR count). The highest BCUT2D eigenvalue weighted by Gasteiger charge is 2.16. The van der Waals surface area contributed by atoms with E-state index in [0.717, 1.165) is 67.5 Å². The number of methoxy groups -OCH3 is 1. The van der Waals surface area contributed by atoms with Gasteiger partial charge in [-0.15, -0.1) is 0 Å². The highest BCUT2D eigenvalue weighted by molar-refractivity contribution is 5.68. The maximum atomic E-state index is 5.56. The first-order chi connectivity index (χ1) is 11.7. The largest absolute Gasteiger partial charge is 0.496 e. The lowest BCUT2D eigenvalue weighted by molar-refractivity contribution is 0.207. The third-order valence-corrected chi connectivity index (χ3v) is 4.19. The summed E-state index contributed by atoms with van der Waals surface area (Å²) in [6.45, 7) is 10.9. The minimum Gasteiger partial charge on any atom is -0.496 e. The Balaban J connectivity index is 1.81. The summed E-state index contributed by atoms with van der Waals surface area (Å²) in [5.41, 5.74) is 4.11. The smallest absolute Gasteiger partial charge is 0.151 e. The molecule has 0 aliphatic carbocycles. The van der Waals surface area contributed by atoms with Crippen molar-refractivity contribution in [3.8, 4) is 17.0 Å². The lowest BCUT2D eigenvalue weighted by atomic mass is 10.0. The van der Waals surface area contributed by atoms with Crippen molar-refractivity contribution in [2.75, 3.05) is 33.3 Å². The van der Waals surface area contributed by atoms with Crippen LogP contribution < -0.4 is 10.1 Å². The van der Waals surface area contributed by atoms with Crippen LogP contribution >= 0.6 is 0 Å². The van der Waals surface area contributed by atoms with E-state index in [1.165, 1.54) is 5.56 Å². The van der Waals surface area contributed by atoms with Gasteiger partial charge in [-0.25, -0.2) is 0 Å². The standard InChI is InChI=1S/C19H25N3O2/c1-14(2)10-15-4-5-19(23-3)17(11-15)18-12-16(24-21-18)13-22-8-6-20-7-9-22/h4-5,11-12,20H,1,6-10,13H2,2-3H3. The van der Waals surface area contributed by atoms with E-state index in [-0.39, 0.29) is 0 Å². The Morgan fingerprint density at radius 3 is 2.83 bits per heavy atom. The molecule has 1 fully saturated rings. The summed E-state index contributed by atoms with van der Waals surface area (Å²) < 4.78 is 11.1. The molecule has 0 amide bonds. The number of piperazine rings is 1. The van der Waals surface area contributed by atoms with Crippen molar-refractivity contribution in [1.29, 1.82) is 0 Å². The maximum absolute atomic E-state index is 5.56. The van der Waals surface area contributed by atoms with Crippen molar-refractivity contribution in [3.63, 3.8) is 0 Å². The number of hydrogen-bond donors (Lipinski definition) is 1. The molecule has 0 atom stereocenters. The fourth-order valence-electron chi connectivity index (χ4n) is 3.02. The number of allylic oxidation sites excluding steroid dienone is 1. The van der Waals surface area contributed by atoms with Crippen LogP contribution in [0.3, 0.4) is 0 Å². The summed E-state index contributed by atoms with van der Waals surface area (Å²) in [7, 11) is 1.68. The maximum Gasteiger partial charge on any atom is 0.151 e. The van der Waals surface area contributed by atoms with E-state index in [4.69, 9.17) is 9.26 Å². The Hall–Kier alpha value is -2.11. The summed E-state index contributed by atoms with van der Waals surface area (Å²) >= 11 is 0. The molecule has 1 aromatic heterocycles. The molecule has 0 spiro atoms. The highest BCUT2D eigenvalue weighted by atomic mass is 16.5. The van der Waals surface area contributed by atoms with Crippen LogP contribution in [0, 0.1) is 0 Å². The molecule has 0 unspecified atom stereocenters. The minimum absolute atomic E-state index is 0.794. The molecule has 1 aromatic carbocycles. The van der Waals surface area contributed by atoms with E-state index in [1.54, 1.807) is 7.11 Å². The van der Waals surface area contributed by atoms with Gasteiger partial charge in [0, 0.05) is 37.8 Å². The lowest BCUT2D eigenvalue weighted by Gasteiger charge is -2.25. The molecule has 2 heterocycles. The van der Waals surface area contributed by atoms with Gasteiger partial charge < -0.3 is 14.6 Å². The van der Waals surface area contributed by atoms with Gasteiger partial charge in [0.05, 0.1) is 13.7 Å². The zero-order valence-electron chi connectivity index (χ0n) is 14.5. The Kier molecular flexibility index (Phi) is 5.33. The fraction of sp³-hybridized carbons (Fsp3) is 0.421. The minimum atomic E-state index is 0.794. The molecule has 0 bridgehead atoms. The number of nitrogens with zero attached hydrogens (tertiary/aromatic N) is 2. The van der Waals surface area contributed by atoms with E-state index in [0.29, 0.717) is 0 Å². The van der Waals surface area contributed by atoms with Gasteiger partial charge in [0.2, 0.25) is 0 Å². The molecular weight excluding hydrogens is 302 g/mol. The number of hydrogen-bond acceptors (Lipinski definition) is 5. The van der Waals surface area contributed by atoms with Crippen LogP contribution in [0.5, 0.6) is 5.75 Å². The summed E-state index contributed by atoms with van der Waals surface area (Å²) in [5.74, 6) is 1.70. The number of rotatable bonds is 6. The second kappa shape index (κ2) is 7.64. The van der Waals surface area contributed by atoms with Crippen LogP contribution in [0.2, 0.25) is 0 Å². The molecule has 128 valence electrons. The van der Waals surface area contributed by atoms with Gasteiger partial charge in [-0.05, 0) is 31.0 Å². The van der Waals surface area contributed by atoms with E-state index >= 15 is 0 Å². The van der Waals surface area contributed by atoms with Gasteiger partial charge in [-0.3, -0.25) is 4.90 Å². The molecule has 0 saturated carbocycles. The van der Waals surface area contributed by atoms with Gasteiger partial charge in [0.1, 0.15) is 11.4 Å². The Bertz CT molecular complexity index is 702. The van der Waals surface area contributed by atoms with Crippen molar-refractivity contribution >= 4 is 0 Å². The molecule has 1 N–H and O–H groups in total. The normalized spacial score (nSPS) is 15.4. The lowest BCUT2D eigenvalue weighted by Crippen LogP contribution is -2.42. The highest BCUT2D eigenvalue weighted by Crippen LogP contribution is 2.31. The van der Waals surface area contributed by atoms with Gasteiger partial charge in [-0.2, -0.15) is 0 Å². The average molecular weight is 327 g/mol. The number of aromatic nitrogens is 1. The van der Waals surface area contributed by atoms with Crippen LogP contribution in [0.25, 0.3) is 11.3 Å². The number of nitrogens with one attached hydrogen (secondary N) is 1. The van der Waals surface area contributed by atoms with Gasteiger partial charge in [0.15, 0.2) is 5.76 Å². The molecular formula is C19H25N3O2. The predicted molar refractivity (Wildman–Crippen MR) is 95.2 cm³/mol. The zero-order valence-corrected chi connectivity index (χ0v) is 14.5. The fourth-order valence-corrected chi connectivity index (χ4v) is 3.02. The Labute approximate surface area is 143 Å². The van der Waals surface area contributed by atoms with Gasteiger partial charge in [-0.1, -0.05) is 23.4 Å². The molecule has 1 saturated heterocycles. The third kappa shape index (κ3) is 4.04. The van der Waals surface area contributed by atoms with Crippen LogP contribution in [-0.4, -0.2) is 43.3 Å². The van der Waals surface area contributed by atoms with Crippen LogP contribution in [0.4, 0.5) is 0 Å². The number of ether oxygens (including phenoxy) is 1. The van der Waals surface area contributed by atoms with Crippen LogP contribution in [0.15, 0.2) is 40.9 Å². The first-order valence-electron chi connectivity index (χ1n) is 8.36. The molecule has 5 heteroatoms. The van der Waals surface area contributed by atoms with Gasteiger partial charge >= 0.3 is 0 Å². The predicted octanol–water partition coefficient (Wildman–Crippen LogP) is 2.87. The summed E-state index contributed by atoms with van der Waals surface area (Å²) in [6, 6.07) is 8.18. The zero-order chi connectivity index (χ0) is 16.9.